The summed E-state index contributed by atoms with van der Waals surface area (Å²) in [6.07, 6.45) is 11.4. The van der Waals surface area contributed by atoms with E-state index in [0.29, 0.717) is 6.42 Å². The predicted octanol–water partition coefficient (Wildman–Crippen LogP) is 3.81. The zero-order valence-corrected chi connectivity index (χ0v) is 16.4. The molecule has 0 heterocycles. The third-order valence-electron chi connectivity index (χ3n) is 3.59. The third-order valence-corrected chi connectivity index (χ3v) is 3.59. The van der Waals surface area contributed by atoms with Crippen molar-refractivity contribution in [2.45, 2.75) is 85.0 Å². The molecule has 0 spiro atoms. The van der Waals surface area contributed by atoms with Crippen molar-refractivity contribution >= 4 is 11.8 Å². The molecule has 2 amide bonds. The van der Waals surface area contributed by atoms with Crippen LogP contribution >= 0.6 is 0 Å². The summed E-state index contributed by atoms with van der Waals surface area (Å²) < 4.78 is 4.75. The molecule has 24 heavy (non-hydrogen) atoms. The van der Waals surface area contributed by atoms with Gasteiger partial charge < -0.3 is 15.4 Å². The van der Waals surface area contributed by atoms with E-state index in [0.717, 1.165) is 25.9 Å². The molecule has 0 saturated heterocycles. The van der Waals surface area contributed by atoms with Gasteiger partial charge in [0.2, 0.25) is 11.8 Å². The summed E-state index contributed by atoms with van der Waals surface area (Å²) in [6.45, 7) is 7.61. The Bertz CT molecular complexity index is 284. The van der Waals surface area contributed by atoms with E-state index >= 15 is 0 Å². The molecule has 0 aromatic heterocycles. The molecule has 5 nitrogen and oxygen atoms in total. The van der Waals surface area contributed by atoms with Crippen molar-refractivity contribution in [3.8, 4) is 0 Å². The minimum atomic E-state index is -0.0300. The first-order valence-corrected chi connectivity index (χ1v) is 9.73. The molecule has 2 N–H and O–H groups in total. The van der Waals surface area contributed by atoms with E-state index in [9.17, 15) is 9.59 Å². The molecular weight excluding hydrogens is 304 g/mol. The van der Waals surface area contributed by atoms with Crippen molar-refractivity contribution in [2.24, 2.45) is 0 Å². The van der Waals surface area contributed by atoms with Gasteiger partial charge in [0.25, 0.3) is 0 Å². The number of ether oxygens (including phenoxy) is 1. The number of methoxy groups -OCH3 is 1. The molecule has 0 radical (unpaired) electrons. The normalized spacial score (nSPS) is 9.83. The van der Waals surface area contributed by atoms with E-state index in [1.165, 1.54) is 52.1 Å². The maximum absolute atomic E-state index is 11.1. The molecule has 0 saturated carbocycles. The number of carbonyl (C=O) groups excluding carboxylic acids is 2. The lowest BCUT2D eigenvalue weighted by Crippen LogP contribution is -2.27. The summed E-state index contributed by atoms with van der Waals surface area (Å²) >= 11 is 0. The van der Waals surface area contributed by atoms with Crippen LogP contribution in [0.1, 0.15) is 85.0 Å². The Labute approximate surface area is 149 Å². The average Bonchev–Trinajstić information content (AvgIpc) is 2.60. The number of carbonyl (C=O) groups is 2. The van der Waals surface area contributed by atoms with Gasteiger partial charge in [-0.2, -0.15) is 0 Å². The SMILES string of the molecule is CC.CCC(=O)NCCCCCCCCCCCNC(=O)COC. The van der Waals surface area contributed by atoms with Crippen LogP contribution in [0.4, 0.5) is 0 Å². The third kappa shape index (κ3) is 20.9. The Kier molecular flexibility index (Phi) is 22.9. The number of nitrogens with one attached hydrogen (secondary N) is 2. The first-order valence-electron chi connectivity index (χ1n) is 9.73. The Morgan fingerprint density at radius 3 is 1.46 bits per heavy atom. The van der Waals surface area contributed by atoms with Gasteiger partial charge in [-0.15, -0.1) is 0 Å². The van der Waals surface area contributed by atoms with Crippen LogP contribution in [0.5, 0.6) is 0 Å². The highest BCUT2D eigenvalue weighted by atomic mass is 16.5. The molecule has 144 valence electrons. The number of hydrogen-bond acceptors (Lipinski definition) is 3. The topological polar surface area (TPSA) is 67.4 Å². The molecule has 5 heteroatoms. The van der Waals surface area contributed by atoms with Gasteiger partial charge in [-0.3, -0.25) is 9.59 Å². The first-order chi connectivity index (χ1) is 11.7. The fourth-order valence-corrected chi connectivity index (χ4v) is 2.25. The lowest BCUT2D eigenvalue weighted by atomic mass is 10.1. The molecule has 0 aromatic carbocycles. The molecule has 0 rings (SSSR count). The van der Waals surface area contributed by atoms with Gasteiger partial charge in [0.1, 0.15) is 6.61 Å². The number of amides is 2. The molecule has 0 fully saturated rings. The second kappa shape index (κ2) is 21.9. The first kappa shape index (κ1) is 25.1. The lowest BCUT2D eigenvalue weighted by Gasteiger charge is -2.05. The van der Waals surface area contributed by atoms with Crippen LogP contribution in [0.25, 0.3) is 0 Å². The van der Waals surface area contributed by atoms with E-state index in [4.69, 9.17) is 4.74 Å². The molecule has 0 aliphatic heterocycles. The molecule has 0 atom stereocenters. The fraction of sp³-hybridized carbons (Fsp3) is 0.895. The van der Waals surface area contributed by atoms with Crippen LogP contribution in [-0.4, -0.2) is 38.6 Å². The number of hydrogen-bond donors (Lipinski definition) is 2. The number of rotatable bonds is 15. The summed E-state index contributed by atoms with van der Waals surface area (Å²) in [4.78, 5) is 22.1. The van der Waals surface area contributed by atoms with Crippen molar-refractivity contribution in [3.05, 3.63) is 0 Å². The highest BCUT2D eigenvalue weighted by molar-refractivity contribution is 5.77. The van der Waals surface area contributed by atoms with Crippen molar-refractivity contribution in [1.29, 1.82) is 0 Å². The monoisotopic (exact) mass is 344 g/mol. The highest BCUT2D eigenvalue weighted by Gasteiger charge is 1.98. The summed E-state index contributed by atoms with van der Waals surface area (Å²) in [5, 5.41) is 5.73. The molecule has 0 aliphatic carbocycles. The van der Waals surface area contributed by atoms with E-state index in [1.54, 1.807) is 0 Å². The minimum Gasteiger partial charge on any atom is -0.375 e. The zero-order valence-electron chi connectivity index (χ0n) is 16.4. The fourth-order valence-electron chi connectivity index (χ4n) is 2.25. The van der Waals surface area contributed by atoms with Crippen LogP contribution in [0, 0.1) is 0 Å². The van der Waals surface area contributed by atoms with Crippen molar-refractivity contribution in [2.75, 3.05) is 26.8 Å². The van der Waals surface area contributed by atoms with Crippen LogP contribution < -0.4 is 10.6 Å². The quantitative estimate of drug-likeness (QED) is 0.444. The van der Waals surface area contributed by atoms with E-state index in [-0.39, 0.29) is 18.4 Å². The standard InChI is InChI=1S/C17H34N2O3.C2H6/c1-3-16(20)18-13-11-9-7-5-4-6-8-10-12-14-19-17(21)15-22-2;1-2/h3-15H2,1-2H3,(H,18,20)(H,19,21);1-2H3. The Hall–Kier alpha value is -1.10. The van der Waals surface area contributed by atoms with E-state index in [1.807, 2.05) is 20.8 Å². The van der Waals surface area contributed by atoms with E-state index in [2.05, 4.69) is 10.6 Å². The largest absolute Gasteiger partial charge is 0.375 e. The maximum atomic E-state index is 11.1. The maximum Gasteiger partial charge on any atom is 0.245 e. The molecule has 0 aliphatic rings. The van der Waals surface area contributed by atoms with Gasteiger partial charge in [0, 0.05) is 26.6 Å². The van der Waals surface area contributed by atoms with Gasteiger partial charge in [0.05, 0.1) is 0 Å². The van der Waals surface area contributed by atoms with Crippen LogP contribution in [-0.2, 0) is 14.3 Å². The number of unbranched alkanes of at least 4 members (excludes halogenated alkanes) is 8. The smallest absolute Gasteiger partial charge is 0.245 e. The molecule has 0 bridgehead atoms. The highest BCUT2D eigenvalue weighted by Crippen LogP contribution is 2.09. The lowest BCUT2D eigenvalue weighted by molar-refractivity contribution is -0.124. The summed E-state index contributed by atoms with van der Waals surface area (Å²) in [5.41, 5.74) is 0. The summed E-state index contributed by atoms with van der Waals surface area (Å²) in [7, 11) is 1.53. The summed E-state index contributed by atoms with van der Waals surface area (Å²) in [6, 6.07) is 0. The Balaban J connectivity index is 0. The molecule has 0 unspecified atom stereocenters. The molecular formula is C19H40N2O3. The van der Waals surface area contributed by atoms with E-state index < -0.39 is 0 Å². The Morgan fingerprint density at radius 1 is 0.708 bits per heavy atom. The second-order valence-electron chi connectivity index (χ2n) is 5.67. The van der Waals surface area contributed by atoms with Gasteiger partial charge in [-0.1, -0.05) is 65.7 Å². The molecule has 0 aromatic rings. The van der Waals surface area contributed by atoms with Crippen LogP contribution in [0.15, 0.2) is 0 Å². The van der Waals surface area contributed by atoms with Gasteiger partial charge in [-0.25, -0.2) is 0 Å². The predicted molar refractivity (Wildman–Crippen MR) is 101 cm³/mol. The second-order valence-corrected chi connectivity index (χ2v) is 5.67. The van der Waals surface area contributed by atoms with Gasteiger partial charge >= 0.3 is 0 Å². The van der Waals surface area contributed by atoms with Crippen LogP contribution in [0.2, 0.25) is 0 Å². The Morgan fingerprint density at radius 2 is 1.08 bits per heavy atom. The minimum absolute atomic E-state index is 0.0300. The summed E-state index contributed by atoms with van der Waals surface area (Å²) in [5.74, 6) is 0.121. The van der Waals surface area contributed by atoms with Crippen molar-refractivity contribution in [1.82, 2.24) is 10.6 Å². The average molecular weight is 345 g/mol. The van der Waals surface area contributed by atoms with Crippen molar-refractivity contribution < 1.29 is 14.3 Å². The van der Waals surface area contributed by atoms with Crippen molar-refractivity contribution in [3.63, 3.8) is 0 Å². The zero-order chi connectivity index (χ0) is 18.5. The van der Waals surface area contributed by atoms with Gasteiger partial charge in [0.15, 0.2) is 0 Å². The van der Waals surface area contributed by atoms with Gasteiger partial charge in [-0.05, 0) is 12.8 Å². The van der Waals surface area contributed by atoms with Crippen LogP contribution in [0.3, 0.4) is 0 Å².